The van der Waals surface area contributed by atoms with E-state index in [9.17, 15) is 0 Å². The van der Waals surface area contributed by atoms with E-state index >= 15 is 0 Å². The van der Waals surface area contributed by atoms with E-state index in [0.29, 0.717) is 0 Å². The maximum Gasteiger partial charge on any atom is 3.00 e. The van der Waals surface area contributed by atoms with Crippen LogP contribution < -0.4 is 0 Å². The van der Waals surface area contributed by atoms with E-state index in [2.05, 4.69) is 36.2 Å². The second-order valence-corrected chi connectivity index (χ2v) is 4.95. The van der Waals surface area contributed by atoms with Crippen molar-refractivity contribution in [1.82, 2.24) is 9.80 Å². The van der Waals surface area contributed by atoms with E-state index in [0.717, 1.165) is 6.67 Å². The summed E-state index contributed by atoms with van der Waals surface area (Å²) in [5.41, 5.74) is 0. The first kappa shape index (κ1) is 32.7. The summed E-state index contributed by atoms with van der Waals surface area (Å²) in [4.78, 5) is 29.4. The molecular formula is C12H24N5O9Y. The molecule has 154 valence electrons. The molecule has 0 N–H and O–H groups in total. The molecule has 0 amide bonds. The van der Waals surface area contributed by atoms with Gasteiger partial charge in [0.25, 0.3) is 0 Å². The van der Waals surface area contributed by atoms with Gasteiger partial charge in [0, 0.05) is 26.0 Å². The Morgan fingerprint density at radius 1 is 0.778 bits per heavy atom. The van der Waals surface area contributed by atoms with Gasteiger partial charge < -0.3 is 55.8 Å². The van der Waals surface area contributed by atoms with Gasteiger partial charge in [0.15, 0.2) is 0 Å². The van der Waals surface area contributed by atoms with E-state index in [1.165, 1.54) is 45.1 Å². The summed E-state index contributed by atoms with van der Waals surface area (Å²) >= 11 is 0. The Morgan fingerprint density at radius 3 is 1.48 bits per heavy atom. The van der Waals surface area contributed by atoms with Gasteiger partial charge in [-0.25, -0.2) is 0 Å². The minimum absolute atomic E-state index is 0. The van der Waals surface area contributed by atoms with Crippen molar-refractivity contribution < 1.29 is 48.0 Å². The zero-order chi connectivity index (χ0) is 21.0. The minimum Gasteiger partial charge on any atom is -0.362 e. The van der Waals surface area contributed by atoms with Gasteiger partial charge in [-0.2, -0.15) is 0 Å². The van der Waals surface area contributed by atoms with Crippen molar-refractivity contribution in [2.24, 2.45) is 0 Å². The summed E-state index contributed by atoms with van der Waals surface area (Å²) in [6, 6.07) is 0. The van der Waals surface area contributed by atoms with Gasteiger partial charge in [0.1, 0.15) is 0 Å². The Bertz CT molecular complexity index is 374. The van der Waals surface area contributed by atoms with Gasteiger partial charge >= 0.3 is 32.7 Å². The molecule has 1 heterocycles. The first-order valence-corrected chi connectivity index (χ1v) is 7.60. The zero-order valence-electron chi connectivity index (χ0n) is 15.3. The van der Waals surface area contributed by atoms with Gasteiger partial charge in [-0.15, -0.1) is 0 Å². The molecule has 0 aromatic carbocycles. The van der Waals surface area contributed by atoms with Crippen LogP contribution in [-0.2, 0) is 32.7 Å². The average molecular weight is 471 g/mol. The molecule has 0 unspecified atom stereocenters. The molecular weight excluding hydrogens is 447 g/mol. The Kier molecular flexibility index (Phi) is 29.1. The van der Waals surface area contributed by atoms with Crippen LogP contribution >= 0.6 is 0 Å². The Hall–Kier alpha value is -1.96. The molecule has 1 aliphatic heterocycles. The molecule has 0 aromatic rings. The van der Waals surface area contributed by atoms with Crippen LogP contribution in [0.15, 0.2) is 12.4 Å². The largest absolute Gasteiger partial charge is 3.00 e. The topological polar surface area (TPSA) is 205 Å². The SMILES string of the molecule is CCCCCCCCN1C=CN(C)C1.O=[N+]([O-])[O-].O=[N+]([O-])[O-].O=[N+]([O-])[O-].[Y+3]. The molecule has 0 saturated heterocycles. The molecule has 0 fully saturated rings. The number of hydrogen-bond donors (Lipinski definition) is 0. The summed E-state index contributed by atoms with van der Waals surface area (Å²) in [6.45, 7) is 4.58. The van der Waals surface area contributed by atoms with Gasteiger partial charge in [-0.1, -0.05) is 39.0 Å². The molecule has 14 nitrogen and oxygen atoms in total. The van der Waals surface area contributed by atoms with Crippen molar-refractivity contribution in [1.29, 1.82) is 0 Å². The predicted molar refractivity (Wildman–Crippen MR) is 92.9 cm³/mol. The fourth-order valence-electron chi connectivity index (χ4n) is 1.83. The van der Waals surface area contributed by atoms with Gasteiger partial charge in [0.05, 0.1) is 21.9 Å². The van der Waals surface area contributed by atoms with Crippen molar-refractivity contribution in [2.75, 3.05) is 20.3 Å². The van der Waals surface area contributed by atoms with Crippen LogP contribution in [0.3, 0.4) is 0 Å². The standard InChI is InChI=1S/C12H24N2.3NO3.Y/c1-3-4-5-6-7-8-9-14-11-10-13(2)12-14;3*2-1(3)4;/h10-11H,3-9,12H2,1-2H3;;;;/q;3*-1;+3. The molecule has 0 bridgehead atoms. The van der Waals surface area contributed by atoms with Crippen molar-refractivity contribution in [3.05, 3.63) is 58.4 Å². The van der Waals surface area contributed by atoms with Gasteiger partial charge in [0.2, 0.25) is 0 Å². The van der Waals surface area contributed by atoms with Crippen LogP contribution in [0.4, 0.5) is 0 Å². The predicted octanol–water partition coefficient (Wildman–Crippen LogP) is 2.30. The number of unbranched alkanes of at least 4 members (excludes halogenated alkanes) is 5. The maximum atomic E-state index is 8.25. The number of rotatable bonds is 7. The first-order valence-electron chi connectivity index (χ1n) is 7.60. The Balaban J connectivity index is -0.000000169. The van der Waals surface area contributed by atoms with Crippen molar-refractivity contribution in [3.8, 4) is 0 Å². The summed E-state index contributed by atoms with van der Waals surface area (Å²) in [7, 11) is 2.12. The second-order valence-electron chi connectivity index (χ2n) is 4.95. The van der Waals surface area contributed by atoms with E-state index in [4.69, 9.17) is 46.0 Å². The van der Waals surface area contributed by atoms with Crippen LogP contribution in [0.1, 0.15) is 45.4 Å². The molecule has 0 saturated carbocycles. The molecule has 27 heavy (non-hydrogen) atoms. The Morgan fingerprint density at radius 2 is 1.15 bits per heavy atom. The molecule has 0 radical (unpaired) electrons. The van der Waals surface area contributed by atoms with Crippen LogP contribution in [0.5, 0.6) is 0 Å². The monoisotopic (exact) mass is 471 g/mol. The van der Waals surface area contributed by atoms with Crippen LogP contribution in [0.2, 0.25) is 0 Å². The van der Waals surface area contributed by atoms with Crippen LogP contribution in [-0.4, -0.2) is 45.3 Å². The molecule has 15 heteroatoms. The number of nitrogens with zero attached hydrogens (tertiary/aromatic N) is 5. The quantitative estimate of drug-likeness (QED) is 0.299. The van der Waals surface area contributed by atoms with Crippen molar-refractivity contribution >= 4 is 0 Å². The third-order valence-electron chi connectivity index (χ3n) is 2.74. The second kappa shape index (κ2) is 24.0. The fourth-order valence-corrected chi connectivity index (χ4v) is 1.83. The Labute approximate surface area is 181 Å². The number of hydrogen-bond acceptors (Lipinski definition) is 11. The van der Waals surface area contributed by atoms with E-state index in [1.807, 2.05) is 0 Å². The van der Waals surface area contributed by atoms with Crippen LogP contribution in [0, 0.1) is 46.0 Å². The third kappa shape index (κ3) is 51.6. The summed E-state index contributed by atoms with van der Waals surface area (Å²) < 4.78 is 0. The summed E-state index contributed by atoms with van der Waals surface area (Å²) in [5, 5.41) is 44.2. The van der Waals surface area contributed by atoms with E-state index in [1.54, 1.807) is 0 Å². The van der Waals surface area contributed by atoms with Crippen molar-refractivity contribution in [2.45, 2.75) is 45.4 Å². The molecule has 0 aromatic heterocycles. The molecule has 0 atom stereocenters. The average Bonchev–Trinajstić information content (AvgIpc) is 2.86. The van der Waals surface area contributed by atoms with E-state index < -0.39 is 15.3 Å². The minimum atomic E-state index is -1.75. The molecule has 1 aliphatic rings. The van der Waals surface area contributed by atoms with Crippen molar-refractivity contribution in [3.63, 3.8) is 0 Å². The summed E-state index contributed by atoms with van der Waals surface area (Å²) in [5.74, 6) is 0. The van der Waals surface area contributed by atoms with Gasteiger partial charge in [-0.3, -0.25) is 0 Å². The fraction of sp³-hybridized carbons (Fsp3) is 0.833. The molecule has 0 aliphatic carbocycles. The normalized spacial score (nSPS) is 10.7. The van der Waals surface area contributed by atoms with Crippen LogP contribution in [0.25, 0.3) is 0 Å². The zero-order valence-corrected chi connectivity index (χ0v) is 18.1. The smallest absolute Gasteiger partial charge is 0.362 e. The maximum absolute atomic E-state index is 8.25. The van der Waals surface area contributed by atoms with Gasteiger partial charge in [-0.05, 0) is 6.42 Å². The summed E-state index contributed by atoms with van der Waals surface area (Å²) in [6.07, 6.45) is 12.7. The van der Waals surface area contributed by atoms with E-state index in [-0.39, 0.29) is 32.7 Å². The molecule has 0 spiro atoms. The molecule has 1 rings (SSSR count). The first-order chi connectivity index (χ1) is 12.0. The third-order valence-corrected chi connectivity index (χ3v) is 2.74.